The molecular weight excluding hydrogens is 420 g/mol. The molecule has 1 unspecified atom stereocenters. The van der Waals surface area contributed by atoms with Crippen molar-refractivity contribution in [3.05, 3.63) is 52.2 Å². The van der Waals surface area contributed by atoms with E-state index in [1.165, 1.54) is 37.0 Å². The first-order valence-corrected chi connectivity index (χ1v) is 12.8. The number of nitrogens with zero attached hydrogens (tertiary/aromatic N) is 1. The summed E-state index contributed by atoms with van der Waals surface area (Å²) in [6.07, 6.45) is 2.35. The van der Waals surface area contributed by atoms with E-state index in [2.05, 4.69) is 28.6 Å². The van der Waals surface area contributed by atoms with Gasteiger partial charge in [0.2, 0.25) is 0 Å². The lowest BCUT2D eigenvalue weighted by Gasteiger charge is -2.36. The van der Waals surface area contributed by atoms with Gasteiger partial charge in [0.15, 0.2) is 9.84 Å². The second-order valence-corrected chi connectivity index (χ2v) is 10.9. The molecule has 0 radical (unpaired) electrons. The molecule has 1 aliphatic heterocycles. The molecule has 1 N–H and O–H groups in total. The van der Waals surface area contributed by atoms with Crippen molar-refractivity contribution in [3.63, 3.8) is 0 Å². The van der Waals surface area contributed by atoms with Crippen molar-refractivity contribution >= 4 is 27.1 Å². The summed E-state index contributed by atoms with van der Waals surface area (Å²) < 4.78 is 29.3. The van der Waals surface area contributed by atoms with Gasteiger partial charge in [-0.25, -0.2) is 8.42 Å². The molecule has 1 fully saturated rings. The van der Waals surface area contributed by atoms with Gasteiger partial charge in [0.25, 0.3) is 5.91 Å². The minimum atomic E-state index is -3.40. The molecule has 2 heterocycles. The molecule has 30 heavy (non-hydrogen) atoms. The summed E-state index contributed by atoms with van der Waals surface area (Å²) in [7, 11) is -1.93. The Bertz CT molecular complexity index is 903. The Morgan fingerprint density at radius 3 is 2.53 bits per heavy atom. The summed E-state index contributed by atoms with van der Waals surface area (Å²) in [5.41, 5.74) is 0.456. The van der Waals surface area contributed by atoms with Gasteiger partial charge in [0.1, 0.15) is 0 Å². The van der Waals surface area contributed by atoms with Crippen molar-refractivity contribution in [2.75, 3.05) is 39.1 Å². The topological polar surface area (TPSA) is 75.7 Å². The lowest BCUT2D eigenvalue weighted by molar-refractivity contribution is 0.0915. The number of amides is 1. The summed E-state index contributed by atoms with van der Waals surface area (Å²) in [6, 6.07) is 10.4. The van der Waals surface area contributed by atoms with Crippen LogP contribution >= 0.6 is 11.3 Å². The monoisotopic (exact) mass is 450 g/mol. The van der Waals surface area contributed by atoms with Gasteiger partial charge in [-0.05, 0) is 67.6 Å². The van der Waals surface area contributed by atoms with Gasteiger partial charge in [-0.15, -0.1) is 11.3 Å². The number of carbonyl (C=O) groups is 1. The van der Waals surface area contributed by atoms with Crippen LogP contribution in [0.25, 0.3) is 0 Å². The van der Waals surface area contributed by atoms with Gasteiger partial charge < -0.3 is 10.1 Å². The Morgan fingerprint density at radius 1 is 1.23 bits per heavy atom. The zero-order valence-corrected chi connectivity index (χ0v) is 19.2. The molecule has 0 spiro atoms. The van der Waals surface area contributed by atoms with Crippen LogP contribution in [0.2, 0.25) is 0 Å². The maximum Gasteiger partial charge on any atom is 0.251 e. The quantitative estimate of drug-likeness (QED) is 0.634. The van der Waals surface area contributed by atoms with Crippen molar-refractivity contribution < 1.29 is 17.9 Å². The van der Waals surface area contributed by atoms with Crippen LogP contribution in [0.1, 0.15) is 41.0 Å². The first-order valence-electron chi connectivity index (χ1n) is 10.3. The molecule has 1 aliphatic rings. The minimum Gasteiger partial charge on any atom is -0.384 e. The number of hydrogen-bond donors (Lipinski definition) is 1. The molecule has 1 atom stereocenters. The molecule has 164 valence electrons. The largest absolute Gasteiger partial charge is 0.384 e. The van der Waals surface area contributed by atoms with Crippen LogP contribution in [0, 0.1) is 5.92 Å². The van der Waals surface area contributed by atoms with Crippen molar-refractivity contribution in [1.29, 1.82) is 0 Å². The standard InChI is InChI=1S/C22H30N2O4S2/c1-17-9-11-24(12-10-17)20(21-4-3-14-29-21)16-23-22(25)18-5-7-19(8-6-18)30(26,27)15-13-28-2/h3-8,14,17,20H,9-13,15-16H2,1-2H3,(H,23,25). The van der Waals surface area contributed by atoms with Crippen LogP contribution in [0.4, 0.5) is 0 Å². The Morgan fingerprint density at radius 2 is 1.93 bits per heavy atom. The number of thiophene rings is 1. The normalized spacial score (nSPS) is 17.0. The molecule has 1 aromatic carbocycles. The molecule has 0 saturated carbocycles. The number of sulfone groups is 1. The van der Waals surface area contributed by atoms with Crippen LogP contribution in [0.5, 0.6) is 0 Å². The summed E-state index contributed by atoms with van der Waals surface area (Å²) in [5.74, 6) is 0.479. The fraction of sp³-hybridized carbons (Fsp3) is 0.500. The summed E-state index contributed by atoms with van der Waals surface area (Å²) in [5, 5.41) is 5.11. The van der Waals surface area contributed by atoms with Crippen LogP contribution in [0.3, 0.4) is 0 Å². The number of likely N-dealkylation sites (tertiary alicyclic amines) is 1. The van der Waals surface area contributed by atoms with Crippen molar-refractivity contribution in [1.82, 2.24) is 10.2 Å². The Hall–Kier alpha value is -1.74. The Balaban J connectivity index is 1.64. The van der Waals surface area contributed by atoms with Crippen molar-refractivity contribution in [2.45, 2.75) is 30.7 Å². The third-order valence-electron chi connectivity index (χ3n) is 5.62. The highest BCUT2D eigenvalue weighted by Gasteiger charge is 2.26. The molecule has 1 saturated heterocycles. The van der Waals surface area contributed by atoms with E-state index in [-0.39, 0.29) is 29.2 Å². The van der Waals surface area contributed by atoms with E-state index in [9.17, 15) is 13.2 Å². The fourth-order valence-corrected chi connectivity index (χ4v) is 5.68. The number of carbonyl (C=O) groups excluding carboxylic acids is 1. The van der Waals surface area contributed by atoms with E-state index in [0.29, 0.717) is 12.1 Å². The zero-order chi connectivity index (χ0) is 21.6. The molecule has 1 amide bonds. The molecule has 2 aromatic rings. The van der Waals surface area contributed by atoms with Crippen LogP contribution in [-0.2, 0) is 14.6 Å². The highest BCUT2D eigenvalue weighted by Crippen LogP contribution is 2.29. The molecule has 0 aliphatic carbocycles. The Labute approximate surface area is 183 Å². The SMILES string of the molecule is COCCS(=O)(=O)c1ccc(C(=O)NCC(c2cccs2)N2CCC(C)CC2)cc1. The second-order valence-electron chi connectivity index (χ2n) is 7.80. The second kappa shape index (κ2) is 10.5. The van der Waals surface area contributed by atoms with Gasteiger partial charge >= 0.3 is 0 Å². The number of ether oxygens (including phenoxy) is 1. The lowest BCUT2D eigenvalue weighted by Crippen LogP contribution is -2.41. The Kier molecular flexibility index (Phi) is 8.05. The van der Waals surface area contributed by atoms with Crippen molar-refractivity contribution in [2.24, 2.45) is 5.92 Å². The molecule has 0 bridgehead atoms. The van der Waals surface area contributed by atoms with E-state index in [4.69, 9.17) is 4.74 Å². The van der Waals surface area contributed by atoms with Gasteiger partial charge in [0.05, 0.1) is 23.3 Å². The van der Waals surface area contributed by atoms with E-state index in [0.717, 1.165) is 19.0 Å². The lowest BCUT2D eigenvalue weighted by atomic mass is 9.97. The zero-order valence-electron chi connectivity index (χ0n) is 17.5. The number of methoxy groups -OCH3 is 1. The fourth-order valence-electron chi connectivity index (χ4n) is 3.65. The van der Waals surface area contributed by atoms with Gasteiger partial charge in [0, 0.05) is 24.1 Å². The smallest absolute Gasteiger partial charge is 0.251 e. The average Bonchev–Trinajstić information content (AvgIpc) is 3.28. The van der Waals surface area contributed by atoms with E-state index in [1.807, 2.05) is 6.07 Å². The van der Waals surface area contributed by atoms with Gasteiger partial charge in [-0.3, -0.25) is 9.69 Å². The van der Waals surface area contributed by atoms with Gasteiger partial charge in [-0.2, -0.15) is 0 Å². The number of benzene rings is 1. The predicted octanol–water partition coefficient (Wildman–Crippen LogP) is 3.37. The molecule has 3 rings (SSSR count). The number of rotatable bonds is 9. The predicted molar refractivity (Wildman–Crippen MR) is 120 cm³/mol. The summed E-state index contributed by atoms with van der Waals surface area (Å²) in [6.45, 7) is 5.03. The van der Waals surface area contributed by atoms with Crippen molar-refractivity contribution in [3.8, 4) is 0 Å². The molecular formula is C22H30N2O4S2. The molecule has 6 nitrogen and oxygen atoms in total. The van der Waals surface area contributed by atoms with E-state index < -0.39 is 9.84 Å². The average molecular weight is 451 g/mol. The third-order valence-corrected chi connectivity index (χ3v) is 8.29. The third kappa shape index (κ3) is 5.91. The summed E-state index contributed by atoms with van der Waals surface area (Å²) in [4.78, 5) is 16.6. The maximum atomic E-state index is 12.7. The van der Waals surface area contributed by atoms with Crippen LogP contribution in [0.15, 0.2) is 46.7 Å². The van der Waals surface area contributed by atoms with E-state index in [1.54, 1.807) is 23.5 Å². The minimum absolute atomic E-state index is 0.0774. The highest BCUT2D eigenvalue weighted by atomic mass is 32.2. The molecule has 8 heteroatoms. The van der Waals surface area contributed by atoms with E-state index >= 15 is 0 Å². The maximum absolute atomic E-state index is 12.7. The number of piperidine rings is 1. The first kappa shape index (κ1) is 22.9. The first-order chi connectivity index (χ1) is 14.4. The molecule has 1 aromatic heterocycles. The number of nitrogens with one attached hydrogen (secondary N) is 1. The highest BCUT2D eigenvalue weighted by molar-refractivity contribution is 7.91. The van der Waals surface area contributed by atoms with Gasteiger partial charge in [-0.1, -0.05) is 13.0 Å². The van der Waals surface area contributed by atoms with Crippen LogP contribution < -0.4 is 5.32 Å². The number of hydrogen-bond acceptors (Lipinski definition) is 6. The van der Waals surface area contributed by atoms with Crippen LogP contribution in [-0.4, -0.2) is 58.3 Å². The summed E-state index contributed by atoms with van der Waals surface area (Å²) >= 11 is 1.71.